The molecule has 2 rings (SSSR count). The van der Waals surface area contributed by atoms with E-state index in [1.54, 1.807) is 4.90 Å². The van der Waals surface area contributed by atoms with E-state index in [4.69, 9.17) is 11.6 Å². The standard InChI is InChI=1S/C12H14ClN3O3/c1-8-7-14-4-5-15(8)12(17)10-3-2-9(13)6-11(10)16(18)19/h2-3,6,8,14H,4-5,7H2,1H3/t8-/m0/s1. The lowest BCUT2D eigenvalue weighted by atomic mass is 10.1. The molecule has 6 nitrogen and oxygen atoms in total. The Bertz CT molecular complexity index is 521. The van der Waals surface area contributed by atoms with Crippen molar-refractivity contribution >= 4 is 23.2 Å². The third-order valence-electron chi connectivity index (χ3n) is 3.15. The first kappa shape index (κ1) is 13.8. The number of piperazine rings is 1. The van der Waals surface area contributed by atoms with E-state index in [1.807, 2.05) is 6.92 Å². The molecule has 0 spiro atoms. The Morgan fingerprint density at radius 1 is 1.58 bits per heavy atom. The molecule has 0 aliphatic carbocycles. The van der Waals surface area contributed by atoms with Gasteiger partial charge in [-0.15, -0.1) is 0 Å². The Morgan fingerprint density at radius 2 is 2.32 bits per heavy atom. The van der Waals surface area contributed by atoms with Crippen LogP contribution in [-0.4, -0.2) is 41.4 Å². The van der Waals surface area contributed by atoms with Gasteiger partial charge in [0.2, 0.25) is 0 Å². The summed E-state index contributed by atoms with van der Waals surface area (Å²) in [7, 11) is 0. The molecular formula is C12H14ClN3O3. The van der Waals surface area contributed by atoms with Crippen LogP contribution in [0.25, 0.3) is 0 Å². The van der Waals surface area contributed by atoms with Crippen molar-refractivity contribution in [3.05, 3.63) is 38.9 Å². The van der Waals surface area contributed by atoms with E-state index >= 15 is 0 Å². The van der Waals surface area contributed by atoms with Crippen LogP contribution < -0.4 is 5.32 Å². The first-order valence-corrected chi connectivity index (χ1v) is 6.34. The van der Waals surface area contributed by atoms with E-state index in [1.165, 1.54) is 18.2 Å². The van der Waals surface area contributed by atoms with Gasteiger partial charge < -0.3 is 10.2 Å². The van der Waals surface area contributed by atoms with Crippen LogP contribution in [0.3, 0.4) is 0 Å². The molecule has 1 heterocycles. The fourth-order valence-electron chi connectivity index (χ4n) is 2.13. The van der Waals surface area contributed by atoms with E-state index in [9.17, 15) is 14.9 Å². The van der Waals surface area contributed by atoms with Crippen molar-refractivity contribution in [2.45, 2.75) is 13.0 Å². The number of halogens is 1. The molecule has 1 aliphatic heterocycles. The van der Waals surface area contributed by atoms with Gasteiger partial charge in [-0.2, -0.15) is 0 Å². The molecule has 0 saturated carbocycles. The van der Waals surface area contributed by atoms with Crippen LogP contribution in [-0.2, 0) is 0 Å². The largest absolute Gasteiger partial charge is 0.333 e. The second kappa shape index (κ2) is 5.54. The number of amides is 1. The third-order valence-corrected chi connectivity index (χ3v) is 3.38. The second-order valence-corrected chi connectivity index (χ2v) is 4.91. The number of hydrogen-bond acceptors (Lipinski definition) is 4. The Balaban J connectivity index is 2.35. The predicted octanol–water partition coefficient (Wildman–Crippen LogP) is 1.68. The zero-order chi connectivity index (χ0) is 14.0. The predicted molar refractivity (Wildman–Crippen MR) is 71.5 cm³/mol. The monoisotopic (exact) mass is 283 g/mol. The van der Waals surface area contributed by atoms with Crippen LogP contribution >= 0.6 is 11.6 Å². The van der Waals surface area contributed by atoms with Crippen molar-refractivity contribution in [1.82, 2.24) is 10.2 Å². The van der Waals surface area contributed by atoms with Gasteiger partial charge >= 0.3 is 0 Å². The Kier molecular flexibility index (Phi) is 4.01. The molecule has 0 aromatic heterocycles. The summed E-state index contributed by atoms with van der Waals surface area (Å²) in [6.45, 7) is 3.83. The van der Waals surface area contributed by atoms with Crippen LogP contribution in [0.15, 0.2) is 18.2 Å². The maximum absolute atomic E-state index is 12.4. The van der Waals surface area contributed by atoms with Crippen molar-refractivity contribution in [2.75, 3.05) is 19.6 Å². The normalized spacial score (nSPS) is 19.3. The summed E-state index contributed by atoms with van der Waals surface area (Å²) in [5.41, 5.74) is -0.161. The minimum atomic E-state index is -0.577. The van der Waals surface area contributed by atoms with Crippen LogP contribution in [0, 0.1) is 10.1 Å². The summed E-state index contributed by atoms with van der Waals surface area (Å²) in [5.74, 6) is -0.322. The van der Waals surface area contributed by atoms with Crippen molar-refractivity contribution in [3.63, 3.8) is 0 Å². The molecule has 7 heteroatoms. The highest BCUT2D eigenvalue weighted by Crippen LogP contribution is 2.25. The number of nitro groups is 1. The van der Waals surface area contributed by atoms with E-state index < -0.39 is 4.92 Å². The first-order chi connectivity index (χ1) is 9.00. The molecule has 19 heavy (non-hydrogen) atoms. The summed E-state index contributed by atoms with van der Waals surface area (Å²) >= 11 is 5.74. The number of carbonyl (C=O) groups excluding carboxylic acids is 1. The molecule has 102 valence electrons. The number of benzene rings is 1. The number of carbonyl (C=O) groups is 1. The number of hydrogen-bond donors (Lipinski definition) is 1. The quantitative estimate of drug-likeness (QED) is 0.662. The summed E-state index contributed by atoms with van der Waals surface area (Å²) < 4.78 is 0. The molecule has 1 amide bonds. The third kappa shape index (κ3) is 2.85. The lowest BCUT2D eigenvalue weighted by molar-refractivity contribution is -0.385. The fraction of sp³-hybridized carbons (Fsp3) is 0.417. The highest BCUT2D eigenvalue weighted by Gasteiger charge is 2.29. The molecule has 1 atom stereocenters. The molecule has 0 bridgehead atoms. The van der Waals surface area contributed by atoms with Gasteiger partial charge in [0, 0.05) is 36.8 Å². The van der Waals surface area contributed by atoms with Crippen LogP contribution in [0.1, 0.15) is 17.3 Å². The van der Waals surface area contributed by atoms with E-state index in [0.29, 0.717) is 19.6 Å². The zero-order valence-electron chi connectivity index (χ0n) is 10.4. The summed E-state index contributed by atoms with van der Waals surface area (Å²) in [6, 6.07) is 4.13. The number of rotatable bonds is 2. The topological polar surface area (TPSA) is 75.5 Å². The smallest absolute Gasteiger partial charge is 0.283 e. The minimum absolute atomic E-state index is 0.0107. The number of nitro benzene ring substituents is 1. The van der Waals surface area contributed by atoms with Gasteiger partial charge in [-0.3, -0.25) is 14.9 Å². The average molecular weight is 284 g/mol. The van der Waals surface area contributed by atoms with Crippen LogP contribution in [0.4, 0.5) is 5.69 Å². The van der Waals surface area contributed by atoms with Crippen LogP contribution in [0.5, 0.6) is 0 Å². The molecule has 1 N–H and O–H groups in total. The van der Waals surface area contributed by atoms with Gasteiger partial charge in [-0.25, -0.2) is 0 Å². The number of nitrogens with one attached hydrogen (secondary N) is 1. The van der Waals surface area contributed by atoms with E-state index in [-0.39, 0.29) is 28.2 Å². The average Bonchev–Trinajstić information content (AvgIpc) is 2.38. The van der Waals surface area contributed by atoms with Gasteiger partial charge in [0.1, 0.15) is 5.56 Å². The molecule has 1 aromatic carbocycles. The molecule has 1 aromatic rings. The molecule has 1 aliphatic rings. The highest BCUT2D eigenvalue weighted by atomic mass is 35.5. The minimum Gasteiger partial charge on any atom is -0.333 e. The molecule has 0 radical (unpaired) electrons. The Labute approximate surface area is 115 Å². The summed E-state index contributed by atoms with van der Waals surface area (Å²) in [6.07, 6.45) is 0. The van der Waals surface area contributed by atoms with E-state index in [2.05, 4.69) is 5.32 Å². The van der Waals surface area contributed by atoms with Gasteiger partial charge in [0.15, 0.2) is 0 Å². The SMILES string of the molecule is C[C@H]1CNCCN1C(=O)c1ccc(Cl)cc1[N+](=O)[O-]. The maximum Gasteiger partial charge on any atom is 0.283 e. The van der Waals surface area contributed by atoms with Crippen molar-refractivity contribution in [1.29, 1.82) is 0 Å². The highest BCUT2D eigenvalue weighted by molar-refractivity contribution is 6.31. The maximum atomic E-state index is 12.4. The van der Waals surface area contributed by atoms with Crippen LogP contribution in [0.2, 0.25) is 5.02 Å². The molecular weight excluding hydrogens is 270 g/mol. The fourth-order valence-corrected chi connectivity index (χ4v) is 2.30. The summed E-state index contributed by atoms with van der Waals surface area (Å²) in [5, 5.41) is 14.4. The summed E-state index contributed by atoms with van der Waals surface area (Å²) in [4.78, 5) is 24.5. The van der Waals surface area contributed by atoms with Crippen molar-refractivity contribution in [2.24, 2.45) is 0 Å². The zero-order valence-corrected chi connectivity index (χ0v) is 11.2. The Morgan fingerprint density at radius 3 is 2.95 bits per heavy atom. The molecule has 0 unspecified atom stereocenters. The Hall–Kier alpha value is -1.66. The van der Waals surface area contributed by atoms with E-state index in [0.717, 1.165) is 0 Å². The lowest BCUT2D eigenvalue weighted by Crippen LogP contribution is -2.52. The van der Waals surface area contributed by atoms with Gasteiger partial charge in [0.05, 0.1) is 4.92 Å². The van der Waals surface area contributed by atoms with Gasteiger partial charge in [-0.05, 0) is 19.1 Å². The first-order valence-electron chi connectivity index (χ1n) is 5.96. The van der Waals surface area contributed by atoms with Crippen molar-refractivity contribution < 1.29 is 9.72 Å². The molecule has 1 saturated heterocycles. The molecule has 1 fully saturated rings. The van der Waals surface area contributed by atoms with Crippen molar-refractivity contribution in [3.8, 4) is 0 Å². The number of nitrogens with zero attached hydrogens (tertiary/aromatic N) is 2. The second-order valence-electron chi connectivity index (χ2n) is 4.47. The van der Waals surface area contributed by atoms with Gasteiger partial charge in [-0.1, -0.05) is 11.6 Å². The van der Waals surface area contributed by atoms with Gasteiger partial charge in [0.25, 0.3) is 11.6 Å². The lowest BCUT2D eigenvalue weighted by Gasteiger charge is -2.33.